The summed E-state index contributed by atoms with van der Waals surface area (Å²) in [5.41, 5.74) is 6.92. The zero-order valence-corrected chi connectivity index (χ0v) is 10.6. The lowest BCUT2D eigenvalue weighted by molar-refractivity contribution is 0.854. The lowest BCUT2D eigenvalue weighted by Crippen LogP contribution is -1.88. The van der Waals surface area contributed by atoms with Gasteiger partial charge in [-0.15, -0.1) is 5.73 Å². The fourth-order valence-electron chi connectivity index (χ4n) is 2.09. The predicted molar refractivity (Wildman–Crippen MR) is 78.4 cm³/mol. The van der Waals surface area contributed by atoms with Gasteiger partial charge >= 0.3 is 0 Å². The number of benzene rings is 2. The molecule has 0 spiro atoms. The third-order valence-electron chi connectivity index (χ3n) is 3.07. The number of hydrogen-bond acceptors (Lipinski definition) is 0. The van der Waals surface area contributed by atoms with Crippen molar-refractivity contribution in [2.24, 2.45) is 0 Å². The lowest BCUT2D eigenvalue weighted by atomic mass is 9.99. The van der Waals surface area contributed by atoms with Gasteiger partial charge in [0.15, 0.2) is 0 Å². The molecule has 2 aromatic carbocycles. The van der Waals surface area contributed by atoms with Crippen molar-refractivity contribution >= 4 is 5.57 Å². The fraction of sp³-hybridized carbons (Fsp3) is 0.167. The maximum atomic E-state index is 3.80. The second-order valence-electron chi connectivity index (χ2n) is 4.36. The van der Waals surface area contributed by atoms with Gasteiger partial charge in [0.1, 0.15) is 0 Å². The minimum Gasteiger partial charge on any atom is -0.125 e. The zero-order chi connectivity index (χ0) is 12.6. The third kappa shape index (κ3) is 3.48. The minimum absolute atomic E-state index is 1.03. The standard InChI is InChI=1S/C18H18/c1-2-17(18-13-7-4-8-14-18)15-9-12-16-10-5-3-6-11-16/h3-8,10-11,13-14H,1,9,12,15H2. The van der Waals surface area contributed by atoms with Gasteiger partial charge in [-0.3, -0.25) is 0 Å². The van der Waals surface area contributed by atoms with Gasteiger partial charge in [0, 0.05) is 5.57 Å². The average molecular weight is 234 g/mol. The fourth-order valence-corrected chi connectivity index (χ4v) is 2.09. The number of aryl methyl sites for hydroxylation is 1. The van der Waals surface area contributed by atoms with Crippen LogP contribution in [0.5, 0.6) is 0 Å². The summed E-state index contributed by atoms with van der Waals surface area (Å²) in [7, 11) is 0. The molecule has 2 aromatic rings. The topological polar surface area (TPSA) is 0 Å². The Kier molecular flexibility index (Phi) is 4.58. The van der Waals surface area contributed by atoms with Crippen LogP contribution in [0.1, 0.15) is 24.0 Å². The van der Waals surface area contributed by atoms with E-state index in [2.05, 4.69) is 66.9 Å². The van der Waals surface area contributed by atoms with E-state index < -0.39 is 0 Å². The Morgan fingerprint density at radius 3 is 2.11 bits per heavy atom. The molecule has 0 heterocycles. The molecule has 0 N–H and O–H groups in total. The molecule has 0 atom stereocenters. The highest BCUT2D eigenvalue weighted by Crippen LogP contribution is 2.19. The number of rotatable bonds is 5. The van der Waals surface area contributed by atoms with Crippen LogP contribution in [-0.2, 0) is 6.42 Å². The van der Waals surface area contributed by atoms with Crippen LogP contribution in [0.2, 0.25) is 0 Å². The second kappa shape index (κ2) is 6.64. The Labute approximate surface area is 109 Å². The molecular weight excluding hydrogens is 216 g/mol. The molecular formula is C18H18. The maximum Gasteiger partial charge on any atom is 0.000592 e. The molecule has 90 valence electrons. The molecule has 0 fully saturated rings. The molecule has 0 aliphatic rings. The van der Waals surface area contributed by atoms with Crippen molar-refractivity contribution in [2.45, 2.75) is 19.3 Å². The van der Waals surface area contributed by atoms with Crippen molar-refractivity contribution in [2.75, 3.05) is 0 Å². The summed E-state index contributed by atoms with van der Waals surface area (Å²) in [6.45, 7) is 3.80. The molecule has 0 amide bonds. The van der Waals surface area contributed by atoms with E-state index in [1.165, 1.54) is 16.7 Å². The molecule has 0 saturated carbocycles. The lowest BCUT2D eigenvalue weighted by Gasteiger charge is -2.05. The highest BCUT2D eigenvalue weighted by atomic mass is 14.0. The average Bonchev–Trinajstić information content (AvgIpc) is 2.46. The van der Waals surface area contributed by atoms with E-state index in [9.17, 15) is 0 Å². The molecule has 0 unspecified atom stereocenters. The first kappa shape index (κ1) is 12.4. The third-order valence-corrected chi connectivity index (χ3v) is 3.07. The van der Waals surface area contributed by atoms with Gasteiger partial charge in [-0.25, -0.2) is 0 Å². The molecule has 0 aromatic heterocycles. The highest BCUT2D eigenvalue weighted by molar-refractivity contribution is 5.64. The molecule has 0 nitrogen and oxygen atoms in total. The molecule has 0 bridgehead atoms. The van der Waals surface area contributed by atoms with Gasteiger partial charge in [0.25, 0.3) is 0 Å². The summed E-state index contributed by atoms with van der Waals surface area (Å²) in [6.07, 6.45) is 3.28. The van der Waals surface area contributed by atoms with E-state index >= 15 is 0 Å². The largest absolute Gasteiger partial charge is 0.125 e. The van der Waals surface area contributed by atoms with E-state index in [-0.39, 0.29) is 0 Å². The first-order valence-electron chi connectivity index (χ1n) is 6.38. The van der Waals surface area contributed by atoms with Crippen LogP contribution in [0.4, 0.5) is 0 Å². The van der Waals surface area contributed by atoms with Gasteiger partial charge in [0.2, 0.25) is 0 Å². The van der Waals surface area contributed by atoms with Crippen LogP contribution in [0.25, 0.3) is 5.57 Å². The van der Waals surface area contributed by atoms with E-state index in [0.717, 1.165) is 19.3 Å². The van der Waals surface area contributed by atoms with Crippen molar-refractivity contribution in [1.29, 1.82) is 0 Å². The normalized spacial score (nSPS) is 9.78. The van der Waals surface area contributed by atoms with Crippen LogP contribution in [0, 0.1) is 0 Å². The molecule has 18 heavy (non-hydrogen) atoms. The molecule has 2 rings (SSSR count). The molecule has 0 saturated heterocycles. The van der Waals surface area contributed by atoms with Gasteiger partial charge in [-0.05, 0) is 30.4 Å². The van der Waals surface area contributed by atoms with Gasteiger partial charge in [0.05, 0.1) is 0 Å². The summed E-state index contributed by atoms with van der Waals surface area (Å²) in [5, 5.41) is 0. The zero-order valence-electron chi connectivity index (χ0n) is 10.6. The second-order valence-corrected chi connectivity index (χ2v) is 4.36. The van der Waals surface area contributed by atoms with E-state index in [1.807, 2.05) is 6.07 Å². The molecule has 0 aliphatic carbocycles. The molecule has 0 heteroatoms. The first-order chi connectivity index (χ1) is 8.90. The Hall–Kier alpha value is -2.04. The quantitative estimate of drug-likeness (QED) is 0.647. The van der Waals surface area contributed by atoms with E-state index in [1.54, 1.807) is 0 Å². The summed E-state index contributed by atoms with van der Waals surface area (Å²) in [5.74, 6) is 0. The van der Waals surface area contributed by atoms with E-state index in [4.69, 9.17) is 0 Å². The summed E-state index contributed by atoms with van der Waals surface area (Å²) in [6, 6.07) is 21.0. The van der Waals surface area contributed by atoms with Crippen molar-refractivity contribution < 1.29 is 0 Å². The SMILES string of the molecule is C=C=C(CCCc1ccccc1)c1ccccc1. The van der Waals surface area contributed by atoms with Crippen molar-refractivity contribution in [3.63, 3.8) is 0 Å². The van der Waals surface area contributed by atoms with Gasteiger partial charge in [-0.2, -0.15) is 0 Å². The maximum absolute atomic E-state index is 3.80. The Morgan fingerprint density at radius 2 is 1.50 bits per heavy atom. The first-order valence-corrected chi connectivity index (χ1v) is 6.38. The molecule has 0 radical (unpaired) electrons. The van der Waals surface area contributed by atoms with Gasteiger partial charge < -0.3 is 0 Å². The van der Waals surface area contributed by atoms with Crippen LogP contribution < -0.4 is 0 Å². The number of hydrogen-bond donors (Lipinski definition) is 0. The van der Waals surface area contributed by atoms with Crippen molar-refractivity contribution in [3.8, 4) is 0 Å². The van der Waals surface area contributed by atoms with Crippen LogP contribution in [0.15, 0.2) is 73.0 Å². The highest BCUT2D eigenvalue weighted by Gasteiger charge is 2.00. The summed E-state index contributed by atoms with van der Waals surface area (Å²) in [4.78, 5) is 0. The molecule has 0 aliphatic heterocycles. The van der Waals surface area contributed by atoms with Crippen LogP contribution >= 0.6 is 0 Å². The van der Waals surface area contributed by atoms with Crippen molar-refractivity contribution in [1.82, 2.24) is 0 Å². The van der Waals surface area contributed by atoms with Crippen molar-refractivity contribution in [3.05, 3.63) is 84.1 Å². The van der Waals surface area contributed by atoms with Crippen LogP contribution in [-0.4, -0.2) is 0 Å². The summed E-state index contributed by atoms with van der Waals surface area (Å²) >= 11 is 0. The smallest absolute Gasteiger partial charge is 0.000592 e. The minimum atomic E-state index is 1.03. The monoisotopic (exact) mass is 234 g/mol. The van der Waals surface area contributed by atoms with Gasteiger partial charge in [-0.1, -0.05) is 67.2 Å². The Balaban J connectivity index is 1.92. The Morgan fingerprint density at radius 1 is 0.889 bits per heavy atom. The van der Waals surface area contributed by atoms with E-state index in [0.29, 0.717) is 0 Å². The predicted octanol–water partition coefficient (Wildman–Crippen LogP) is 4.88. The summed E-state index contributed by atoms with van der Waals surface area (Å²) < 4.78 is 0. The number of allylic oxidation sites excluding steroid dienone is 1. The van der Waals surface area contributed by atoms with Crippen LogP contribution in [0.3, 0.4) is 0 Å². The Bertz CT molecular complexity index is 516.